The predicted octanol–water partition coefficient (Wildman–Crippen LogP) is 2.76. The van der Waals surface area contributed by atoms with Crippen LogP contribution >= 0.6 is 0 Å². The van der Waals surface area contributed by atoms with Crippen molar-refractivity contribution < 1.29 is 9.37 Å². The highest BCUT2D eigenvalue weighted by molar-refractivity contribution is 5.90. The third-order valence-electron chi connectivity index (χ3n) is 3.72. The van der Waals surface area contributed by atoms with Crippen molar-refractivity contribution in [2.45, 2.75) is 38.7 Å². The van der Waals surface area contributed by atoms with Crippen molar-refractivity contribution in [2.24, 2.45) is 5.92 Å². The third kappa shape index (κ3) is 1.89. The highest BCUT2D eigenvalue weighted by atomic mass is 16.6. The number of fused-ring (bicyclic) bond motifs is 1. The van der Waals surface area contributed by atoms with Crippen molar-refractivity contribution in [3.63, 3.8) is 0 Å². The zero-order valence-electron chi connectivity index (χ0n) is 10.4. The molecule has 0 amide bonds. The lowest BCUT2D eigenvalue weighted by Crippen LogP contribution is -2.28. The summed E-state index contributed by atoms with van der Waals surface area (Å²) < 4.78 is 10.8. The van der Waals surface area contributed by atoms with Gasteiger partial charge in [0, 0.05) is 0 Å². The first-order valence-electron chi connectivity index (χ1n) is 6.43. The van der Waals surface area contributed by atoms with E-state index in [1.807, 2.05) is 6.07 Å². The molecule has 1 aromatic heterocycles. The van der Waals surface area contributed by atoms with Gasteiger partial charge in [-0.3, -0.25) is 0 Å². The number of nitrogens with two attached hydrogens (primary N) is 1. The molecule has 96 valence electrons. The van der Waals surface area contributed by atoms with E-state index in [2.05, 4.69) is 17.2 Å². The number of aromatic nitrogens is 2. The van der Waals surface area contributed by atoms with Crippen LogP contribution in [0.2, 0.25) is 0 Å². The fourth-order valence-electron chi connectivity index (χ4n) is 2.58. The van der Waals surface area contributed by atoms with Crippen LogP contribution in [0.3, 0.4) is 0 Å². The molecule has 1 heterocycles. The third-order valence-corrected chi connectivity index (χ3v) is 3.72. The lowest BCUT2D eigenvalue weighted by Gasteiger charge is -2.29. The Hall–Kier alpha value is -1.78. The van der Waals surface area contributed by atoms with Gasteiger partial charge in [0.25, 0.3) is 0 Å². The van der Waals surface area contributed by atoms with Gasteiger partial charge in [-0.25, -0.2) is 4.63 Å². The standard InChI is InChI=1S/C13H17N3O2/c1-8-4-2-3-5-10(8)17-11-7-6-9(14)12-13(11)16-18-15-12/h6-8,10H,2-5,14H2,1H3. The summed E-state index contributed by atoms with van der Waals surface area (Å²) in [6.45, 7) is 2.24. The number of nitrogen functional groups attached to an aromatic ring is 1. The summed E-state index contributed by atoms with van der Waals surface area (Å²) in [5, 5.41) is 7.68. The Labute approximate surface area is 105 Å². The molecule has 0 aliphatic heterocycles. The van der Waals surface area contributed by atoms with E-state index in [0.29, 0.717) is 22.6 Å². The predicted molar refractivity (Wildman–Crippen MR) is 68.3 cm³/mol. The van der Waals surface area contributed by atoms with Gasteiger partial charge in [0.1, 0.15) is 6.10 Å². The van der Waals surface area contributed by atoms with Gasteiger partial charge < -0.3 is 10.5 Å². The topological polar surface area (TPSA) is 74.2 Å². The molecule has 0 saturated heterocycles. The van der Waals surface area contributed by atoms with Gasteiger partial charge in [0.15, 0.2) is 16.8 Å². The van der Waals surface area contributed by atoms with E-state index < -0.39 is 0 Å². The summed E-state index contributed by atoms with van der Waals surface area (Å²) in [6.07, 6.45) is 5.09. The van der Waals surface area contributed by atoms with Gasteiger partial charge in [0.2, 0.25) is 0 Å². The van der Waals surface area contributed by atoms with Crippen molar-refractivity contribution in [2.75, 3.05) is 5.73 Å². The fourth-order valence-corrected chi connectivity index (χ4v) is 2.58. The lowest BCUT2D eigenvalue weighted by molar-refractivity contribution is 0.104. The summed E-state index contributed by atoms with van der Waals surface area (Å²) in [7, 11) is 0. The van der Waals surface area contributed by atoms with Crippen LogP contribution in [0, 0.1) is 5.92 Å². The second-order valence-electron chi connectivity index (χ2n) is 5.03. The van der Waals surface area contributed by atoms with E-state index in [4.69, 9.17) is 15.1 Å². The summed E-state index contributed by atoms with van der Waals surface area (Å²) in [5.74, 6) is 1.30. The Kier molecular flexibility index (Phi) is 2.81. The van der Waals surface area contributed by atoms with Crippen LogP contribution < -0.4 is 10.5 Å². The number of ether oxygens (including phenoxy) is 1. The number of hydrogen-bond acceptors (Lipinski definition) is 5. The van der Waals surface area contributed by atoms with E-state index in [9.17, 15) is 0 Å². The first-order chi connectivity index (χ1) is 8.75. The Bertz CT molecular complexity index is 552. The van der Waals surface area contributed by atoms with Crippen molar-refractivity contribution >= 4 is 16.7 Å². The summed E-state index contributed by atoms with van der Waals surface area (Å²) in [4.78, 5) is 0. The minimum Gasteiger partial charge on any atom is -0.488 e. The normalized spacial score (nSPS) is 24.3. The molecule has 1 fully saturated rings. The first-order valence-corrected chi connectivity index (χ1v) is 6.43. The maximum atomic E-state index is 6.08. The number of hydrogen-bond donors (Lipinski definition) is 1. The minimum absolute atomic E-state index is 0.252. The summed E-state index contributed by atoms with van der Waals surface area (Å²) in [6, 6.07) is 3.64. The van der Waals surface area contributed by atoms with Gasteiger partial charge in [-0.15, -0.1) is 0 Å². The molecule has 0 spiro atoms. The van der Waals surface area contributed by atoms with E-state index in [1.54, 1.807) is 6.07 Å². The Balaban J connectivity index is 1.90. The maximum absolute atomic E-state index is 6.08. The number of nitrogens with zero attached hydrogens (tertiary/aromatic N) is 2. The molecule has 2 unspecified atom stereocenters. The van der Waals surface area contributed by atoms with Crippen molar-refractivity contribution in [3.05, 3.63) is 12.1 Å². The Morgan fingerprint density at radius 2 is 2.00 bits per heavy atom. The van der Waals surface area contributed by atoms with Crippen LogP contribution in [0.25, 0.3) is 11.0 Å². The van der Waals surface area contributed by atoms with Crippen molar-refractivity contribution in [1.29, 1.82) is 0 Å². The zero-order chi connectivity index (χ0) is 12.5. The van der Waals surface area contributed by atoms with E-state index in [1.165, 1.54) is 19.3 Å². The van der Waals surface area contributed by atoms with Crippen molar-refractivity contribution in [1.82, 2.24) is 10.3 Å². The smallest absolute Gasteiger partial charge is 0.179 e. The average Bonchev–Trinajstić information content (AvgIpc) is 2.85. The van der Waals surface area contributed by atoms with Crippen molar-refractivity contribution in [3.8, 4) is 5.75 Å². The number of rotatable bonds is 2. The average molecular weight is 247 g/mol. The SMILES string of the molecule is CC1CCCCC1Oc1ccc(N)c2nonc12. The molecule has 1 saturated carbocycles. The van der Waals surface area contributed by atoms with E-state index in [0.717, 1.165) is 12.2 Å². The monoisotopic (exact) mass is 247 g/mol. The molecule has 5 heteroatoms. The van der Waals surface area contributed by atoms with Gasteiger partial charge in [-0.1, -0.05) is 13.3 Å². The highest BCUT2D eigenvalue weighted by Gasteiger charge is 2.24. The van der Waals surface area contributed by atoms with Gasteiger partial charge in [0.05, 0.1) is 5.69 Å². The minimum atomic E-state index is 0.252. The van der Waals surface area contributed by atoms with Crippen LogP contribution in [0.15, 0.2) is 16.8 Å². The van der Waals surface area contributed by atoms with Crippen LogP contribution in [-0.2, 0) is 0 Å². The van der Waals surface area contributed by atoms with Gasteiger partial charge >= 0.3 is 0 Å². The molecule has 18 heavy (non-hydrogen) atoms. The van der Waals surface area contributed by atoms with Gasteiger partial charge in [-0.05, 0) is 47.6 Å². The zero-order valence-corrected chi connectivity index (χ0v) is 10.4. The molecule has 0 radical (unpaired) electrons. The maximum Gasteiger partial charge on any atom is 0.179 e. The molecule has 3 rings (SSSR count). The molecular formula is C13H17N3O2. The fraction of sp³-hybridized carbons (Fsp3) is 0.538. The van der Waals surface area contributed by atoms with Crippen LogP contribution in [0.4, 0.5) is 5.69 Å². The second-order valence-corrected chi connectivity index (χ2v) is 5.03. The van der Waals surface area contributed by atoms with Crippen LogP contribution in [-0.4, -0.2) is 16.4 Å². The number of benzene rings is 1. The molecule has 2 aromatic rings. The molecule has 5 nitrogen and oxygen atoms in total. The molecule has 1 aliphatic rings. The molecule has 1 aromatic carbocycles. The molecular weight excluding hydrogens is 230 g/mol. The molecule has 1 aliphatic carbocycles. The summed E-state index contributed by atoms with van der Waals surface area (Å²) in [5.41, 5.74) is 7.57. The molecule has 0 bridgehead atoms. The van der Waals surface area contributed by atoms with Crippen LogP contribution in [0.1, 0.15) is 32.6 Å². The highest BCUT2D eigenvalue weighted by Crippen LogP contribution is 2.32. The number of anilines is 1. The molecule has 2 atom stereocenters. The van der Waals surface area contributed by atoms with Crippen LogP contribution in [0.5, 0.6) is 5.75 Å². The quantitative estimate of drug-likeness (QED) is 0.826. The first kappa shape index (κ1) is 11.3. The van der Waals surface area contributed by atoms with E-state index >= 15 is 0 Å². The second kappa shape index (κ2) is 4.48. The lowest BCUT2D eigenvalue weighted by atomic mass is 9.88. The Morgan fingerprint density at radius 3 is 2.83 bits per heavy atom. The Morgan fingerprint density at radius 1 is 1.22 bits per heavy atom. The molecule has 2 N–H and O–H groups in total. The van der Waals surface area contributed by atoms with E-state index in [-0.39, 0.29) is 6.10 Å². The summed E-state index contributed by atoms with van der Waals surface area (Å²) >= 11 is 0. The van der Waals surface area contributed by atoms with Gasteiger partial charge in [-0.2, -0.15) is 0 Å². The largest absolute Gasteiger partial charge is 0.488 e.